The van der Waals surface area contributed by atoms with E-state index in [9.17, 15) is 4.79 Å². The van der Waals surface area contributed by atoms with Gasteiger partial charge < -0.3 is 10.1 Å². The molecule has 17 heavy (non-hydrogen) atoms. The molecule has 3 nitrogen and oxygen atoms in total. The van der Waals surface area contributed by atoms with E-state index >= 15 is 0 Å². The number of Topliss-reactive ketones (excluding diaryl/α,β-unsaturated/α-hetero) is 1. The van der Waals surface area contributed by atoms with Gasteiger partial charge in [0.2, 0.25) is 0 Å². The molecule has 0 aliphatic rings. The van der Waals surface area contributed by atoms with Crippen LogP contribution in [0.5, 0.6) is 5.75 Å². The Morgan fingerprint density at radius 1 is 1.53 bits per heavy atom. The van der Waals surface area contributed by atoms with Crippen molar-refractivity contribution in [3.05, 3.63) is 28.2 Å². The molecule has 0 spiro atoms. The van der Waals surface area contributed by atoms with Crippen molar-refractivity contribution in [2.75, 3.05) is 20.7 Å². The van der Waals surface area contributed by atoms with Crippen LogP contribution in [0.1, 0.15) is 23.7 Å². The number of ether oxygens (including phenoxy) is 1. The van der Waals surface area contributed by atoms with Gasteiger partial charge in [-0.25, -0.2) is 0 Å². The van der Waals surface area contributed by atoms with Gasteiger partial charge >= 0.3 is 0 Å². The Morgan fingerprint density at radius 3 is 2.71 bits per heavy atom. The van der Waals surface area contributed by atoms with Crippen LogP contribution in [-0.4, -0.2) is 26.5 Å². The van der Waals surface area contributed by atoms with E-state index in [2.05, 4.69) is 21.2 Å². The monoisotopic (exact) mass is 299 g/mol. The standard InChI is InChI=1S/C13H18BrNO2/c1-4-9(8-15-2)13(16)10-5-6-12(17-3)11(14)7-10/h5-7,9,15H,4,8H2,1-3H3. The zero-order valence-electron chi connectivity index (χ0n) is 10.4. The van der Waals surface area contributed by atoms with Crippen molar-refractivity contribution in [3.63, 3.8) is 0 Å². The minimum Gasteiger partial charge on any atom is -0.496 e. The largest absolute Gasteiger partial charge is 0.496 e. The van der Waals surface area contributed by atoms with Crippen LogP contribution in [0.25, 0.3) is 0 Å². The summed E-state index contributed by atoms with van der Waals surface area (Å²) in [6, 6.07) is 5.44. The molecule has 0 aliphatic carbocycles. The Morgan fingerprint density at radius 2 is 2.24 bits per heavy atom. The first kappa shape index (κ1) is 14.2. The predicted octanol–water partition coefficient (Wildman–Crippen LogP) is 2.89. The lowest BCUT2D eigenvalue weighted by atomic mass is 9.95. The van der Waals surface area contributed by atoms with Gasteiger partial charge in [0.1, 0.15) is 5.75 Å². The van der Waals surface area contributed by atoms with Crippen LogP contribution in [0.4, 0.5) is 0 Å². The third-order valence-electron chi connectivity index (χ3n) is 2.75. The molecule has 0 heterocycles. The van der Waals surface area contributed by atoms with Gasteiger partial charge in [-0.15, -0.1) is 0 Å². The van der Waals surface area contributed by atoms with Crippen molar-refractivity contribution >= 4 is 21.7 Å². The maximum atomic E-state index is 12.2. The van der Waals surface area contributed by atoms with Crippen LogP contribution in [0.3, 0.4) is 0 Å². The van der Waals surface area contributed by atoms with Crippen molar-refractivity contribution < 1.29 is 9.53 Å². The van der Waals surface area contributed by atoms with Gasteiger partial charge in [-0.05, 0) is 47.6 Å². The summed E-state index contributed by atoms with van der Waals surface area (Å²) in [6.07, 6.45) is 0.837. The maximum Gasteiger partial charge on any atom is 0.167 e. The number of nitrogens with one attached hydrogen (secondary N) is 1. The molecule has 0 saturated heterocycles. The van der Waals surface area contributed by atoms with Crippen molar-refractivity contribution in [2.24, 2.45) is 5.92 Å². The number of hydrogen-bond acceptors (Lipinski definition) is 3. The van der Waals surface area contributed by atoms with Gasteiger partial charge in [0.25, 0.3) is 0 Å². The molecule has 0 aromatic heterocycles. The molecular formula is C13H18BrNO2. The summed E-state index contributed by atoms with van der Waals surface area (Å²) in [7, 11) is 3.47. The molecule has 0 bridgehead atoms. The molecule has 1 aromatic carbocycles. The SMILES string of the molecule is CCC(CNC)C(=O)c1ccc(OC)c(Br)c1. The molecule has 4 heteroatoms. The molecule has 1 rings (SSSR count). The average Bonchev–Trinajstić information content (AvgIpc) is 2.35. The van der Waals surface area contributed by atoms with E-state index in [-0.39, 0.29) is 11.7 Å². The molecule has 1 N–H and O–H groups in total. The number of carbonyl (C=O) groups is 1. The first-order chi connectivity index (χ1) is 8.13. The number of methoxy groups -OCH3 is 1. The van der Waals surface area contributed by atoms with Gasteiger partial charge in [0.05, 0.1) is 11.6 Å². The third-order valence-corrected chi connectivity index (χ3v) is 3.37. The first-order valence-corrected chi connectivity index (χ1v) is 6.45. The number of ketones is 1. The quantitative estimate of drug-likeness (QED) is 0.821. The highest BCUT2D eigenvalue weighted by Gasteiger charge is 2.18. The Balaban J connectivity index is 2.92. The highest BCUT2D eigenvalue weighted by molar-refractivity contribution is 9.10. The fraction of sp³-hybridized carbons (Fsp3) is 0.462. The lowest BCUT2D eigenvalue weighted by molar-refractivity contribution is 0.0916. The van der Waals surface area contributed by atoms with E-state index in [1.165, 1.54) is 0 Å². The Hall–Kier alpha value is -0.870. The molecule has 0 radical (unpaired) electrons. The van der Waals surface area contributed by atoms with E-state index in [1.54, 1.807) is 7.11 Å². The van der Waals surface area contributed by atoms with E-state index in [0.717, 1.165) is 22.2 Å². The predicted molar refractivity (Wildman–Crippen MR) is 72.7 cm³/mol. The van der Waals surface area contributed by atoms with Gasteiger partial charge in [0, 0.05) is 18.0 Å². The van der Waals surface area contributed by atoms with Crippen LogP contribution >= 0.6 is 15.9 Å². The lowest BCUT2D eigenvalue weighted by Gasteiger charge is -2.13. The molecule has 1 unspecified atom stereocenters. The zero-order valence-corrected chi connectivity index (χ0v) is 12.0. The van der Waals surface area contributed by atoms with Gasteiger partial charge in [-0.3, -0.25) is 4.79 Å². The van der Waals surface area contributed by atoms with Crippen LogP contribution in [0.15, 0.2) is 22.7 Å². The lowest BCUT2D eigenvalue weighted by Crippen LogP contribution is -2.25. The fourth-order valence-corrected chi connectivity index (χ4v) is 2.26. The van der Waals surface area contributed by atoms with Gasteiger partial charge in [-0.2, -0.15) is 0 Å². The van der Waals surface area contributed by atoms with Crippen LogP contribution in [0, 0.1) is 5.92 Å². The van der Waals surface area contributed by atoms with Crippen molar-refractivity contribution in [3.8, 4) is 5.75 Å². The molecule has 1 atom stereocenters. The molecule has 0 fully saturated rings. The molecule has 94 valence electrons. The number of rotatable bonds is 6. The maximum absolute atomic E-state index is 12.2. The second-order valence-corrected chi connectivity index (χ2v) is 4.73. The summed E-state index contributed by atoms with van der Waals surface area (Å²) in [6.45, 7) is 2.73. The normalized spacial score (nSPS) is 12.2. The molecule has 1 aromatic rings. The smallest absolute Gasteiger partial charge is 0.167 e. The first-order valence-electron chi connectivity index (χ1n) is 5.66. The zero-order chi connectivity index (χ0) is 12.8. The van der Waals surface area contributed by atoms with E-state index in [0.29, 0.717) is 6.54 Å². The minimum absolute atomic E-state index is 0.0281. The third kappa shape index (κ3) is 3.54. The molecular weight excluding hydrogens is 282 g/mol. The second kappa shape index (κ2) is 6.77. The Labute approximate surface area is 111 Å². The molecule has 0 aliphatic heterocycles. The summed E-state index contributed by atoms with van der Waals surface area (Å²) in [5.41, 5.74) is 0.722. The highest BCUT2D eigenvalue weighted by atomic mass is 79.9. The Bertz CT molecular complexity index is 393. The number of carbonyl (C=O) groups excluding carboxylic acids is 1. The van der Waals surface area contributed by atoms with Crippen LogP contribution in [-0.2, 0) is 0 Å². The number of halogens is 1. The summed E-state index contributed by atoms with van der Waals surface area (Å²) in [5, 5.41) is 3.05. The average molecular weight is 300 g/mol. The summed E-state index contributed by atoms with van der Waals surface area (Å²) in [4.78, 5) is 12.2. The Kier molecular flexibility index (Phi) is 5.65. The number of benzene rings is 1. The van der Waals surface area contributed by atoms with Crippen molar-refractivity contribution in [1.82, 2.24) is 5.32 Å². The summed E-state index contributed by atoms with van der Waals surface area (Å²) in [5.74, 6) is 0.939. The van der Waals surface area contributed by atoms with Gasteiger partial charge in [0.15, 0.2) is 5.78 Å². The van der Waals surface area contributed by atoms with Crippen molar-refractivity contribution in [2.45, 2.75) is 13.3 Å². The van der Waals surface area contributed by atoms with Crippen LogP contribution < -0.4 is 10.1 Å². The summed E-state index contributed by atoms with van der Waals surface area (Å²) >= 11 is 3.39. The van der Waals surface area contributed by atoms with Crippen LogP contribution in [0.2, 0.25) is 0 Å². The van der Waals surface area contributed by atoms with Crippen molar-refractivity contribution in [1.29, 1.82) is 0 Å². The molecule has 0 amide bonds. The second-order valence-electron chi connectivity index (χ2n) is 3.88. The summed E-state index contributed by atoms with van der Waals surface area (Å²) < 4.78 is 5.95. The fourth-order valence-electron chi connectivity index (χ4n) is 1.72. The number of hydrogen-bond donors (Lipinski definition) is 1. The van der Waals surface area contributed by atoms with Gasteiger partial charge in [-0.1, -0.05) is 6.92 Å². The topological polar surface area (TPSA) is 38.3 Å². The highest BCUT2D eigenvalue weighted by Crippen LogP contribution is 2.26. The minimum atomic E-state index is 0.0281. The molecule has 0 saturated carbocycles. The van der Waals surface area contributed by atoms with E-state index < -0.39 is 0 Å². The van der Waals surface area contributed by atoms with E-state index in [1.807, 2.05) is 32.2 Å². The van der Waals surface area contributed by atoms with E-state index in [4.69, 9.17) is 4.74 Å².